The zero-order valence-corrected chi connectivity index (χ0v) is 36.9. The van der Waals surface area contributed by atoms with Gasteiger partial charge in [0.25, 0.3) is 0 Å². The number of thioether (sulfide) groups is 1. The third kappa shape index (κ3) is 6.31. The van der Waals surface area contributed by atoms with E-state index in [1.54, 1.807) is 32.9 Å². The Labute approximate surface area is 363 Å². The van der Waals surface area contributed by atoms with Crippen LogP contribution in [0.15, 0.2) is 18.2 Å². The van der Waals surface area contributed by atoms with Crippen molar-refractivity contribution in [2.75, 3.05) is 47.0 Å². The molecule has 2 saturated heterocycles. The highest BCUT2D eigenvalue weighted by molar-refractivity contribution is 7.99. The summed E-state index contributed by atoms with van der Waals surface area (Å²) in [6, 6.07) is 4.85. The number of rotatable bonds is 4. The Morgan fingerprint density at radius 3 is 2.45 bits per heavy atom. The molecule has 2 fully saturated rings. The quantitative estimate of drug-likeness (QED) is 0.187. The monoisotopic (exact) mass is 870 g/mol. The second-order valence-corrected chi connectivity index (χ2v) is 18.8. The summed E-state index contributed by atoms with van der Waals surface area (Å²) in [4.78, 5) is 46.0. The maximum atomic E-state index is 14.9. The van der Waals surface area contributed by atoms with E-state index in [2.05, 4.69) is 21.2 Å². The number of esters is 2. The molecule has 0 amide bonds. The zero-order chi connectivity index (χ0) is 44.2. The number of methoxy groups -OCH3 is 2. The van der Waals surface area contributed by atoms with Crippen molar-refractivity contribution in [2.45, 2.75) is 101 Å². The number of hydrogen-bond donors (Lipinski definition) is 2. The largest absolute Gasteiger partial charge is 0.514 e. The fourth-order valence-electron chi connectivity index (χ4n) is 10.6. The number of aryl methyl sites for hydroxylation is 1. The number of aromatic hydroxyl groups is 1. The van der Waals surface area contributed by atoms with E-state index in [0.717, 1.165) is 16.7 Å². The molecule has 3 aromatic rings. The minimum absolute atomic E-state index is 0.0428. The molecular formula is C45H50N4O12S. The summed E-state index contributed by atoms with van der Waals surface area (Å²) in [5.74, 6) is 0.885. The molecular weight excluding hydrogens is 821 g/mol. The van der Waals surface area contributed by atoms with Gasteiger partial charge in [0.1, 0.15) is 24.0 Å². The minimum Gasteiger partial charge on any atom is -0.504 e. The number of fused-ring (bicyclic) bond motifs is 9. The van der Waals surface area contributed by atoms with Crippen LogP contribution in [0.25, 0.3) is 0 Å². The van der Waals surface area contributed by atoms with Crippen LogP contribution in [0.5, 0.6) is 40.2 Å². The normalized spacial score (nSPS) is 27.1. The molecule has 0 aliphatic carbocycles. The SMILES string of the molecule is COc1cc2c(cc1O)CCN[C@]21CS[C@@H]2c3c(OC(C)=O)c(C)c4c(c3[C@H](COC1=O)N1C2[C@@H]2c3c(cc(C)c(OC)c3OC(=O)OC(C)(C)C)C[C@H]([C@@H]1C#N)N2C)OCO4. The summed E-state index contributed by atoms with van der Waals surface area (Å²) in [5.41, 5.74) is 3.23. The van der Waals surface area contributed by atoms with E-state index in [1.807, 2.05) is 27.0 Å². The van der Waals surface area contributed by atoms with Gasteiger partial charge >= 0.3 is 18.1 Å². The number of ether oxygens (including phenoxy) is 8. The lowest BCUT2D eigenvalue weighted by Gasteiger charge is -2.62. The Morgan fingerprint density at radius 1 is 1.00 bits per heavy atom. The summed E-state index contributed by atoms with van der Waals surface area (Å²) in [5, 5.41) is 25.0. The molecule has 1 spiro atoms. The van der Waals surface area contributed by atoms with Crippen molar-refractivity contribution in [3.8, 4) is 46.3 Å². The number of benzene rings is 3. The fourth-order valence-corrected chi connectivity index (χ4v) is 12.3. The molecule has 0 saturated carbocycles. The van der Waals surface area contributed by atoms with Crippen molar-refractivity contribution in [3.63, 3.8) is 0 Å². The fraction of sp³-hybridized carbons (Fsp3) is 0.511. The molecule has 10 rings (SSSR count). The number of carbonyl (C=O) groups is 3. The van der Waals surface area contributed by atoms with E-state index in [9.17, 15) is 24.8 Å². The molecule has 4 bridgehead atoms. The predicted molar refractivity (Wildman–Crippen MR) is 223 cm³/mol. The van der Waals surface area contributed by atoms with E-state index in [1.165, 1.54) is 32.9 Å². The van der Waals surface area contributed by atoms with Crippen molar-refractivity contribution in [2.24, 2.45) is 0 Å². The number of phenols is 1. The van der Waals surface area contributed by atoms with Gasteiger partial charge in [0.15, 0.2) is 40.0 Å². The summed E-state index contributed by atoms with van der Waals surface area (Å²) in [7, 11) is 4.95. The van der Waals surface area contributed by atoms with Crippen LogP contribution < -0.4 is 33.7 Å². The van der Waals surface area contributed by atoms with Gasteiger partial charge < -0.3 is 43.0 Å². The van der Waals surface area contributed by atoms with Gasteiger partial charge in [-0.05, 0) is 88.9 Å². The first-order chi connectivity index (χ1) is 29.5. The van der Waals surface area contributed by atoms with Gasteiger partial charge in [-0.3, -0.25) is 19.9 Å². The Balaban J connectivity index is 1.33. The number of phenolic OH excluding ortho intramolecular Hbond substituents is 1. The molecule has 3 aromatic carbocycles. The number of likely N-dealkylation sites (N-methyl/N-ethyl adjacent to an activating group) is 1. The third-order valence-electron chi connectivity index (χ3n) is 13.0. The van der Waals surface area contributed by atoms with E-state index in [-0.39, 0.29) is 42.4 Å². The smallest absolute Gasteiger partial charge is 0.504 e. The van der Waals surface area contributed by atoms with Crippen LogP contribution in [0.1, 0.15) is 89.5 Å². The lowest BCUT2D eigenvalue weighted by Crippen LogP contribution is -2.69. The van der Waals surface area contributed by atoms with Gasteiger partial charge in [-0.25, -0.2) is 9.59 Å². The van der Waals surface area contributed by atoms with Gasteiger partial charge in [0.2, 0.25) is 6.79 Å². The Hall–Kier alpha value is -5.41. The number of nitriles is 1. The number of carbonyl (C=O) groups excluding carboxylic acids is 3. The lowest BCUT2D eigenvalue weighted by molar-refractivity contribution is -0.157. The van der Waals surface area contributed by atoms with E-state index < -0.39 is 58.7 Å². The van der Waals surface area contributed by atoms with Crippen molar-refractivity contribution < 1.29 is 57.4 Å². The average Bonchev–Trinajstić information content (AvgIpc) is 3.70. The lowest BCUT2D eigenvalue weighted by atomic mass is 9.71. The number of nitrogens with zero attached hydrogens (tertiary/aromatic N) is 3. The first-order valence-corrected chi connectivity index (χ1v) is 21.7. The van der Waals surface area contributed by atoms with Crippen LogP contribution in [0.3, 0.4) is 0 Å². The maximum absolute atomic E-state index is 14.9. The van der Waals surface area contributed by atoms with E-state index >= 15 is 0 Å². The Kier molecular flexibility index (Phi) is 10.2. The molecule has 0 aromatic heterocycles. The number of hydrogen-bond acceptors (Lipinski definition) is 17. The standard InChI is InChI=1S/C45H50N4O12S/c1-20-12-24-13-26-27(16-46)49-28-17-56-42(52)45(25-15-30(54-8)29(51)14-23(25)10-11-47-45)18-62-41(33-32(28)39-38(57-19-58-39)21(2)37(33)59-22(3)50)35(49)34(48(26)7)31(24)40(36(20)55-9)60-43(53)61-44(4,5)6/h12,14-15,26-28,34-35,41,47,51H,10-11,13,17-19H2,1-9H3/t26-,27+,28+,34+,35?,41-,45-/m1/s1. The van der Waals surface area contributed by atoms with Crippen molar-refractivity contribution in [3.05, 3.63) is 62.7 Å². The van der Waals surface area contributed by atoms with Crippen LogP contribution in [-0.2, 0) is 37.4 Å². The van der Waals surface area contributed by atoms with Gasteiger partial charge in [-0.2, -0.15) is 5.26 Å². The second kappa shape index (κ2) is 15.1. The average molecular weight is 871 g/mol. The highest BCUT2D eigenvalue weighted by Gasteiger charge is 2.62. The maximum Gasteiger partial charge on any atom is 0.514 e. The topological polar surface area (TPSA) is 188 Å². The van der Waals surface area contributed by atoms with Crippen molar-refractivity contribution >= 4 is 29.9 Å². The summed E-state index contributed by atoms with van der Waals surface area (Å²) >= 11 is 1.45. The molecule has 7 heterocycles. The Bertz CT molecular complexity index is 2460. The first-order valence-electron chi connectivity index (χ1n) is 20.6. The second-order valence-electron chi connectivity index (χ2n) is 17.6. The van der Waals surface area contributed by atoms with Crippen molar-refractivity contribution in [1.82, 2.24) is 15.1 Å². The minimum atomic E-state index is -1.41. The first kappa shape index (κ1) is 41.9. The van der Waals surface area contributed by atoms with Crippen LogP contribution in [0, 0.1) is 25.2 Å². The van der Waals surface area contributed by atoms with Crippen LogP contribution in [0.2, 0.25) is 0 Å². The summed E-state index contributed by atoms with van der Waals surface area (Å²) < 4.78 is 48.5. The molecule has 62 heavy (non-hydrogen) atoms. The van der Waals surface area contributed by atoms with Gasteiger partial charge in [-0.1, -0.05) is 6.07 Å². The molecule has 0 radical (unpaired) electrons. The summed E-state index contributed by atoms with van der Waals surface area (Å²) in [6.45, 7) is 10.4. The van der Waals surface area contributed by atoms with Crippen LogP contribution in [0.4, 0.5) is 4.79 Å². The van der Waals surface area contributed by atoms with Gasteiger partial charge in [0.05, 0.1) is 37.6 Å². The van der Waals surface area contributed by atoms with Crippen LogP contribution >= 0.6 is 11.8 Å². The zero-order valence-electron chi connectivity index (χ0n) is 36.1. The predicted octanol–water partition coefficient (Wildman–Crippen LogP) is 5.60. The molecule has 1 unspecified atom stereocenters. The molecule has 16 nitrogen and oxygen atoms in total. The van der Waals surface area contributed by atoms with E-state index in [4.69, 9.17) is 37.9 Å². The molecule has 2 N–H and O–H groups in total. The molecule has 17 heteroatoms. The molecule has 328 valence electrons. The number of piperazine rings is 1. The molecule has 7 atom stereocenters. The van der Waals surface area contributed by atoms with Crippen molar-refractivity contribution in [1.29, 1.82) is 5.26 Å². The Morgan fingerprint density at radius 2 is 1.76 bits per heavy atom. The third-order valence-corrected chi connectivity index (χ3v) is 14.5. The van der Waals surface area contributed by atoms with Crippen LogP contribution in [-0.4, -0.2) is 104 Å². The summed E-state index contributed by atoms with van der Waals surface area (Å²) in [6.07, 6.45) is 0.0495. The van der Waals surface area contributed by atoms with Gasteiger partial charge in [0, 0.05) is 53.6 Å². The molecule has 7 aliphatic heterocycles. The highest BCUT2D eigenvalue weighted by Crippen LogP contribution is 2.65. The molecule has 7 aliphatic rings. The van der Waals surface area contributed by atoms with Gasteiger partial charge in [-0.15, -0.1) is 11.8 Å². The highest BCUT2D eigenvalue weighted by atomic mass is 32.2. The number of nitrogens with one attached hydrogen (secondary N) is 1. The van der Waals surface area contributed by atoms with E-state index in [0.29, 0.717) is 70.2 Å².